The number of aromatic nitrogens is 2. The fourth-order valence-corrected chi connectivity index (χ4v) is 6.66. The van der Waals surface area contributed by atoms with Gasteiger partial charge in [0.05, 0.1) is 36.7 Å². The molecule has 0 bridgehead atoms. The van der Waals surface area contributed by atoms with Crippen molar-refractivity contribution in [2.45, 2.75) is 51.9 Å². The number of anilines is 1. The van der Waals surface area contributed by atoms with Crippen LogP contribution < -0.4 is 51.9 Å². The van der Waals surface area contributed by atoms with Crippen molar-refractivity contribution in [1.82, 2.24) is 25.1 Å². The van der Waals surface area contributed by atoms with Gasteiger partial charge in [-0.3, -0.25) is 19.4 Å². The fraction of sp³-hybridized carbons (Fsp3) is 0.366. The quantitative estimate of drug-likeness (QED) is 0.0710. The number of nitrogens with zero attached hydrogens (tertiary/aromatic N) is 3. The standard InChI is InChI=1S/C41H48N8O10/c1-22(2)35(42)38(51)47-29(7-6-12-44-40(43)53)37(50)46-24-10-8-23(9-11-24)20-57-41(54)48(3)13-14-49-36-27-17-33-34(59-21-58-33)18-30(27)45-19-28(36)25-15-31(55-4)32(56-5)16-26(25)39(49)52/h8-11,15-19,22,29,35H,6-7,12-14,20-21,42H2,1-5H3,(H,46,50)(H,47,51)(H3,43,44,53)/t29-,35-/m0/s1. The van der Waals surface area contributed by atoms with Crippen LogP contribution in [0.3, 0.4) is 0 Å². The van der Waals surface area contributed by atoms with Crippen LogP contribution in [0.4, 0.5) is 15.3 Å². The maximum Gasteiger partial charge on any atom is 0.409 e. The molecule has 0 spiro atoms. The monoisotopic (exact) mass is 812 g/mol. The number of ether oxygens (including phenoxy) is 5. The van der Waals surface area contributed by atoms with Crippen LogP contribution in [0.1, 0.15) is 32.3 Å². The number of nitrogens with two attached hydrogens (primary N) is 2. The first-order chi connectivity index (χ1) is 28.3. The Kier molecular flexibility index (Phi) is 12.9. The first kappa shape index (κ1) is 41.8. The van der Waals surface area contributed by atoms with E-state index in [-0.39, 0.29) is 50.9 Å². The summed E-state index contributed by atoms with van der Waals surface area (Å²) in [6.45, 7) is 4.05. The van der Waals surface area contributed by atoms with Crippen molar-refractivity contribution in [3.05, 3.63) is 70.6 Å². The van der Waals surface area contributed by atoms with Gasteiger partial charge < -0.3 is 60.6 Å². The van der Waals surface area contributed by atoms with Crippen LogP contribution in [0.5, 0.6) is 23.0 Å². The Bertz CT molecular complexity index is 2450. The van der Waals surface area contributed by atoms with Crippen molar-refractivity contribution in [1.29, 1.82) is 0 Å². The summed E-state index contributed by atoms with van der Waals surface area (Å²) in [4.78, 5) is 70.5. The Labute approximate surface area is 339 Å². The predicted octanol–water partition coefficient (Wildman–Crippen LogP) is 3.57. The van der Waals surface area contributed by atoms with E-state index in [9.17, 15) is 24.0 Å². The Balaban J connectivity index is 1.14. The third kappa shape index (κ3) is 9.33. The first-order valence-electron chi connectivity index (χ1n) is 19.0. The number of methoxy groups -OCH3 is 2. The molecule has 0 aliphatic carbocycles. The van der Waals surface area contributed by atoms with E-state index < -0.39 is 36.0 Å². The maximum absolute atomic E-state index is 14.3. The number of rotatable bonds is 16. The number of amides is 5. The Hall–Kier alpha value is -6.82. The summed E-state index contributed by atoms with van der Waals surface area (Å²) in [5.74, 6) is 0.843. The molecule has 2 aromatic heterocycles. The lowest BCUT2D eigenvalue weighted by atomic mass is 10.0. The average Bonchev–Trinajstić information content (AvgIpc) is 3.69. The molecule has 1 aliphatic rings. The summed E-state index contributed by atoms with van der Waals surface area (Å²) in [7, 11) is 4.60. The second kappa shape index (κ2) is 18.2. The van der Waals surface area contributed by atoms with Crippen molar-refractivity contribution >= 4 is 62.2 Å². The van der Waals surface area contributed by atoms with E-state index in [4.69, 9.17) is 35.2 Å². The molecular weight excluding hydrogens is 764 g/mol. The van der Waals surface area contributed by atoms with Gasteiger partial charge in [0.2, 0.25) is 18.6 Å². The van der Waals surface area contributed by atoms with Crippen LogP contribution in [0.2, 0.25) is 0 Å². The number of hydrogen-bond acceptors (Lipinski definition) is 12. The lowest BCUT2D eigenvalue weighted by Gasteiger charge is -2.22. The minimum absolute atomic E-state index is 0.0694. The number of carbonyl (C=O) groups is 4. The van der Waals surface area contributed by atoms with Gasteiger partial charge >= 0.3 is 12.1 Å². The van der Waals surface area contributed by atoms with Gasteiger partial charge in [-0.1, -0.05) is 26.0 Å². The molecule has 1 aliphatic heterocycles. The highest BCUT2D eigenvalue weighted by Crippen LogP contribution is 2.40. The molecule has 6 rings (SSSR count). The molecule has 59 heavy (non-hydrogen) atoms. The zero-order chi connectivity index (χ0) is 42.4. The highest BCUT2D eigenvalue weighted by Gasteiger charge is 2.26. The second-order valence-corrected chi connectivity index (χ2v) is 14.4. The summed E-state index contributed by atoms with van der Waals surface area (Å²) in [6.07, 6.45) is 1.68. The van der Waals surface area contributed by atoms with E-state index in [0.717, 1.165) is 0 Å². The number of primary amides is 1. The molecule has 5 aromatic rings. The summed E-state index contributed by atoms with van der Waals surface area (Å²) >= 11 is 0. The molecule has 0 saturated heterocycles. The Morgan fingerprint density at radius 2 is 1.61 bits per heavy atom. The van der Waals surface area contributed by atoms with Crippen LogP contribution in [-0.2, 0) is 27.5 Å². The average molecular weight is 813 g/mol. The Morgan fingerprint density at radius 1 is 0.932 bits per heavy atom. The number of likely N-dealkylation sites (N-methyl/N-ethyl adjacent to an activating group) is 1. The number of benzene rings is 3. The van der Waals surface area contributed by atoms with Gasteiger partial charge in [0, 0.05) is 60.8 Å². The van der Waals surface area contributed by atoms with Gasteiger partial charge in [0.15, 0.2) is 23.0 Å². The topological polar surface area (TPSA) is 241 Å². The summed E-state index contributed by atoms with van der Waals surface area (Å²) in [5, 5.41) is 10.3. The smallest absolute Gasteiger partial charge is 0.409 e. The van der Waals surface area contributed by atoms with Gasteiger partial charge in [-0.2, -0.15) is 0 Å². The van der Waals surface area contributed by atoms with E-state index in [0.29, 0.717) is 73.2 Å². The van der Waals surface area contributed by atoms with Crippen LogP contribution in [-0.4, -0.2) is 91.6 Å². The molecule has 312 valence electrons. The molecule has 18 nitrogen and oxygen atoms in total. The summed E-state index contributed by atoms with van der Waals surface area (Å²) in [6, 6.07) is 11.2. The molecule has 5 amide bonds. The van der Waals surface area contributed by atoms with E-state index >= 15 is 0 Å². The van der Waals surface area contributed by atoms with Crippen LogP contribution in [0.15, 0.2) is 59.5 Å². The number of urea groups is 1. The largest absolute Gasteiger partial charge is 0.493 e. The minimum atomic E-state index is -0.923. The number of nitrogens with one attached hydrogen (secondary N) is 3. The van der Waals surface area contributed by atoms with Crippen molar-refractivity contribution < 1.29 is 42.9 Å². The molecular formula is C41H48N8O10. The lowest BCUT2D eigenvalue weighted by molar-refractivity contribution is -0.128. The molecule has 18 heteroatoms. The molecule has 2 atom stereocenters. The van der Waals surface area contributed by atoms with E-state index in [1.807, 2.05) is 0 Å². The van der Waals surface area contributed by atoms with Crippen LogP contribution in [0.25, 0.3) is 32.6 Å². The van der Waals surface area contributed by atoms with Crippen molar-refractivity contribution in [3.63, 3.8) is 0 Å². The SMILES string of the molecule is COc1cc2c(=O)n(CCN(C)C(=O)OCc3ccc(NC(=O)[C@H](CCCNC(N)=O)NC(=O)[C@@H](N)C(C)C)cc3)c3c4cc5c(cc4ncc3c2cc1OC)OCO5. The van der Waals surface area contributed by atoms with Crippen LogP contribution in [0, 0.1) is 5.92 Å². The molecule has 7 N–H and O–H groups in total. The fourth-order valence-electron chi connectivity index (χ4n) is 6.66. The van der Waals surface area contributed by atoms with E-state index in [2.05, 4.69) is 20.9 Å². The predicted molar refractivity (Wildman–Crippen MR) is 220 cm³/mol. The Morgan fingerprint density at radius 3 is 2.27 bits per heavy atom. The maximum atomic E-state index is 14.3. The highest BCUT2D eigenvalue weighted by atomic mass is 16.7. The van der Waals surface area contributed by atoms with Crippen molar-refractivity contribution in [2.75, 3.05) is 46.5 Å². The molecule has 0 radical (unpaired) electrons. The second-order valence-electron chi connectivity index (χ2n) is 14.4. The number of carbonyl (C=O) groups excluding carboxylic acids is 4. The molecule has 0 unspecified atom stereocenters. The van der Waals surface area contributed by atoms with E-state index in [1.165, 1.54) is 19.1 Å². The summed E-state index contributed by atoms with van der Waals surface area (Å²) in [5.41, 5.74) is 13.1. The third-order valence-corrected chi connectivity index (χ3v) is 10.1. The highest BCUT2D eigenvalue weighted by molar-refractivity contribution is 6.15. The minimum Gasteiger partial charge on any atom is -0.493 e. The number of hydrogen-bond donors (Lipinski definition) is 5. The molecule has 0 saturated carbocycles. The van der Waals surface area contributed by atoms with Gasteiger partial charge in [0.1, 0.15) is 12.6 Å². The zero-order valence-electron chi connectivity index (χ0n) is 33.5. The van der Waals surface area contributed by atoms with Crippen molar-refractivity contribution in [2.24, 2.45) is 17.4 Å². The number of fused-ring (bicyclic) bond motifs is 6. The van der Waals surface area contributed by atoms with Crippen LogP contribution >= 0.6 is 0 Å². The molecule has 0 fully saturated rings. The zero-order valence-corrected chi connectivity index (χ0v) is 33.5. The van der Waals surface area contributed by atoms with Gasteiger partial charge in [-0.15, -0.1) is 0 Å². The number of pyridine rings is 2. The molecule has 3 aromatic carbocycles. The van der Waals surface area contributed by atoms with Gasteiger partial charge in [-0.25, -0.2) is 9.59 Å². The van der Waals surface area contributed by atoms with Gasteiger partial charge in [0.25, 0.3) is 5.56 Å². The van der Waals surface area contributed by atoms with E-state index in [1.54, 1.807) is 80.2 Å². The van der Waals surface area contributed by atoms with Crippen molar-refractivity contribution in [3.8, 4) is 23.0 Å². The normalized spacial score (nSPS) is 12.9. The summed E-state index contributed by atoms with van der Waals surface area (Å²) < 4.78 is 29.5. The van der Waals surface area contributed by atoms with Gasteiger partial charge in [-0.05, 0) is 54.7 Å². The molecule has 3 heterocycles. The lowest BCUT2D eigenvalue weighted by Crippen LogP contribution is -2.51. The first-order valence-corrected chi connectivity index (χ1v) is 19.0. The third-order valence-electron chi connectivity index (χ3n) is 10.1.